The van der Waals surface area contributed by atoms with Gasteiger partial charge < -0.3 is 13.3 Å². The maximum Gasteiger partial charge on any atom is 0.501 e. The van der Waals surface area contributed by atoms with Gasteiger partial charge in [0.05, 0.1) is 0 Å². The van der Waals surface area contributed by atoms with Gasteiger partial charge in [-0.3, -0.25) is 0 Å². The van der Waals surface area contributed by atoms with Gasteiger partial charge in [-0.2, -0.15) is 0 Å². The summed E-state index contributed by atoms with van der Waals surface area (Å²) in [5.41, 5.74) is 0.633. The number of halogens is 2. The van der Waals surface area contributed by atoms with Crippen LogP contribution in [0.2, 0.25) is 6.04 Å². The lowest BCUT2D eigenvalue weighted by molar-refractivity contribution is 0.00292. The summed E-state index contributed by atoms with van der Waals surface area (Å²) in [6.07, 6.45) is 1.19. The van der Waals surface area contributed by atoms with Gasteiger partial charge in [-0.1, -0.05) is 0 Å². The summed E-state index contributed by atoms with van der Waals surface area (Å²) in [5, 5.41) is 0. The standard InChI is InChI=1S/C18H30F2O3Si/c1-13(2)21-24(22-14(3)4,23-15(5)6)9-7-8-16-10-17(19)12-18(20)11-16/h10-15H,7-9H2,1-6H3. The van der Waals surface area contributed by atoms with E-state index < -0.39 is 20.4 Å². The second-order valence-corrected chi connectivity index (χ2v) is 9.39. The minimum absolute atomic E-state index is 0.0132. The van der Waals surface area contributed by atoms with Crippen molar-refractivity contribution >= 4 is 8.80 Å². The smallest absolute Gasteiger partial charge is 0.371 e. The van der Waals surface area contributed by atoms with Gasteiger partial charge in [0, 0.05) is 30.4 Å². The molecule has 138 valence electrons. The molecule has 3 nitrogen and oxygen atoms in total. The van der Waals surface area contributed by atoms with Crippen molar-refractivity contribution in [1.29, 1.82) is 0 Å². The van der Waals surface area contributed by atoms with Gasteiger partial charge in [-0.25, -0.2) is 8.78 Å². The predicted molar refractivity (Wildman–Crippen MR) is 93.9 cm³/mol. The summed E-state index contributed by atoms with van der Waals surface area (Å²) >= 11 is 0. The molecule has 0 aliphatic rings. The first kappa shape index (κ1) is 21.2. The summed E-state index contributed by atoms with van der Waals surface area (Å²) in [6, 6.07) is 4.22. The molecule has 0 fully saturated rings. The van der Waals surface area contributed by atoms with E-state index in [1.165, 1.54) is 12.1 Å². The lowest BCUT2D eigenvalue weighted by Crippen LogP contribution is -2.50. The van der Waals surface area contributed by atoms with Crippen LogP contribution in [0.4, 0.5) is 8.78 Å². The molecule has 0 aliphatic carbocycles. The highest BCUT2D eigenvalue weighted by molar-refractivity contribution is 6.60. The summed E-state index contributed by atoms with van der Waals surface area (Å²) < 4.78 is 44.9. The van der Waals surface area contributed by atoms with Crippen LogP contribution in [-0.4, -0.2) is 27.1 Å². The number of benzene rings is 1. The Morgan fingerprint density at radius 1 is 0.792 bits per heavy atom. The van der Waals surface area contributed by atoms with Crippen molar-refractivity contribution in [1.82, 2.24) is 0 Å². The van der Waals surface area contributed by atoms with E-state index >= 15 is 0 Å². The SMILES string of the molecule is CC(C)O[Si](CCCc1cc(F)cc(F)c1)(OC(C)C)OC(C)C. The van der Waals surface area contributed by atoms with Crippen molar-refractivity contribution < 1.29 is 22.1 Å². The van der Waals surface area contributed by atoms with Crippen LogP contribution in [0.25, 0.3) is 0 Å². The van der Waals surface area contributed by atoms with Crippen LogP contribution >= 0.6 is 0 Å². The summed E-state index contributed by atoms with van der Waals surface area (Å²) in [7, 11) is -2.85. The zero-order valence-electron chi connectivity index (χ0n) is 15.6. The van der Waals surface area contributed by atoms with E-state index in [4.69, 9.17) is 13.3 Å². The molecule has 1 rings (SSSR count). The highest BCUT2D eigenvalue weighted by atomic mass is 28.4. The molecule has 0 saturated carbocycles. The second kappa shape index (κ2) is 9.61. The van der Waals surface area contributed by atoms with Gasteiger partial charge in [0.2, 0.25) is 0 Å². The summed E-state index contributed by atoms with van der Waals surface area (Å²) in [4.78, 5) is 0. The molecule has 6 heteroatoms. The first-order valence-corrected chi connectivity index (χ1v) is 10.5. The van der Waals surface area contributed by atoms with Crippen LogP contribution in [-0.2, 0) is 19.7 Å². The highest BCUT2D eigenvalue weighted by Crippen LogP contribution is 2.25. The molecule has 0 heterocycles. The third kappa shape index (κ3) is 7.83. The summed E-state index contributed by atoms with van der Waals surface area (Å²) in [6.45, 7) is 11.7. The molecule has 0 bridgehead atoms. The van der Waals surface area contributed by atoms with Gasteiger partial charge in [-0.15, -0.1) is 0 Å². The van der Waals surface area contributed by atoms with E-state index in [1.54, 1.807) is 0 Å². The third-order valence-corrected chi connectivity index (χ3v) is 6.57. The number of hydrogen-bond donors (Lipinski definition) is 0. The van der Waals surface area contributed by atoms with Crippen LogP contribution < -0.4 is 0 Å². The molecular weight excluding hydrogens is 330 g/mol. The fourth-order valence-electron chi connectivity index (χ4n) is 2.60. The van der Waals surface area contributed by atoms with Crippen LogP contribution in [0.1, 0.15) is 53.5 Å². The van der Waals surface area contributed by atoms with Crippen molar-refractivity contribution in [3.63, 3.8) is 0 Å². The molecule has 0 saturated heterocycles. The van der Waals surface area contributed by atoms with Crippen molar-refractivity contribution in [2.75, 3.05) is 0 Å². The second-order valence-electron chi connectivity index (χ2n) is 6.81. The van der Waals surface area contributed by atoms with Crippen molar-refractivity contribution in [3.8, 4) is 0 Å². The van der Waals surface area contributed by atoms with Gasteiger partial charge in [0.15, 0.2) is 0 Å². The minimum Gasteiger partial charge on any atom is -0.371 e. The zero-order chi connectivity index (χ0) is 18.3. The van der Waals surface area contributed by atoms with Crippen LogP contribution in [0, 0.1) is 11.6 Å². The van der Waals surface area contributed by atoms with Crippen molar-refractivity contribution in [3.05, 3.63) is 35.4 Å². The number of aryl methyl sites for hydroxylation is 1. The summed E-state index contributed by atoms with van der Waals surface area (Å²) in [5.74, 6) is -1.10. The van der Waals surface area contributed by atoms with Crippen LogP contribution in [0.3, 0.4) is 0 Å². The number of rotatable bonds is 10. The molecule has 0 unspecified atom stereocenters. The van der Waals surface area contributed by atoms with Gasteiger partial charge in [-0.05, 0) is 72.1 Å². The Balaban J connectivity index is 2.81. The van der Waals surface area contributed by atoms with E-state index in [9.17, 15) is 8.78 Å². The van der Waals surface area contributed by atoms with Gasteiger partial charge in [0.1, 0.15) is 11.6 Å². The van der Waals surface area contributed by atoms with Gasteiger partial charge >= 0.3 is 8.80 Å². The quantitative estimate of drug-likeness (QED) is 0.543. The highest BCUT2D eigenvalue weighted by Gasteiger charge is 2.43. The molecular formula is C18H30F2O3Si. The fourth-order valence-corrected chi connectivity index (χ4v) is 5.89. The zero-order valence-corrected chi connectivity index (χ0v) is 16.6. The van der Waals surface area contributed by atoms with Crippen molar-refractivity contribution in [2.24, 2.45) is 0 Å². The Hall–Kier alpha value is -0.823. The third-order valence-electron chi connectivity index (χ3n) is 3.12. The topological polar surface area (TPSA) is 27.7 Å². The molecule has 0 radical (unpaired) electrons. The maximum atomic E-state index is 13.3. The van der Waals surface area contributed by atoms with Crippen LogP contribution in [0.15, 0.2) is 18.2 Å². The average Bonchev–Trinajstić information content (AvgIpc) is 2.34. The predicted octanol–water partition coefficient (Wildman–Crippen LogP) is 5.11. The molecule has 0 amide bonds. The molecule has 0 aliphatic heterocycles. The molecule has 1 aromatic rings. The van der Waals surface area contributed by atoms with E-state index in [0.717, 1.165) is 6.07 Å². The first-order valence-electron chi connectivity index (χ1n) is 8.60. The Bertz CT molecular complexity index is 460. The lowest BCUT2D eigenvalue weighted by Gasteiger charge is -2.34. The minimum atomic E-state index is -2.85. The Morgan fingerprint density at radius 3 is 1.58 bits per heavy atom. The van der Waals surface area contributed by atoms with E-state index in [-0.39, 0.29) is 18.3 Å². The first-order chi connectivity index (χ1) is 11.1. The largest absolute Gasteiger partial charge is 0.501 e. The Labute approximate surface area is 145 Å². The van der Waals surface area contributed by atoms with E-state index in [2.05, 4.69) is 0 Å². The fraction of sp³-hybridized carbons (Fsp3) is 0.667. The molecule has 24 heavy (non-hydrogen) atoms. The molecule has 0 spiro atoms. The number of hydrogen-bond acceptors (Lipinski definition) is 3. The van der Waals surface area contributed by atoms with E-state index in [1.807, 2.05) is 41.5 Å². The van der Waals surface area contributed by atoms with E-state index in [0.29, 0.717) is 24.4 Å². The maximum absolute atomic E-state index is 13.3. The molecule has 0 aromatic heterocycles. The van der Waals surface area contributed by atoms with Crippen LogP contribution in [0.5, 0.6) is 0 Å². The Morgan fingerprint density at radius 2 is 1.21 bits per heavy atom. The van der Waals surface area contributed by atoms with Gasteiger partial charge in [0.25, 0.3) is 0 Å². The Kier molecular flexibility index (Phi) is 8.49. The van der Waals surface area contributed by atoms with Crippen molar-refractivity contribution in [2.45, 2.75) is 78.7 Å². The monoisotopic (exact) mass is 360 g/mol. The lowest BCUT2D eigenvalue weighted by atomic mass is 10.1. The molecule has 0 N–H and O–H groups in total. The molecule has 0 atom stereocenters. The normalized spacial score (nSPS) is 12.6. The average molecular weight is 361 g/mol. The molecule has 1 aromatic carbocycles.